The Morgan fingerprint density at radius 1 is 1.26 bits per heavy atom. The molecule has 3 heterocycles. The van der Waals surface area contributed by atoms with Crippen molar-refractivity contribution < 1.29 is 18.7 Å². The van der Waals surface area contributed by atoms with Gasteiger partial charge in [-0.2, -0.15) is 0 Å². The van der Waals surface area contributed by atoms with Gasteiger partial charge in [0.15, 0.2) is 5.76 Å². The smallest absolute Gasteiger partial charge is 0.290 e. The number of furan rings is 1. The van der Waals surface area contributed by atoms with E-state index in [1.807, 2.05) is 24.0 Å². The van der Waals surface area contributed by atoms with Gasteiger partial charge in [-0.3, -0.25) is 9.59 Å². The molecule has 0 fully saturated rings. The van der Waals surface area contributed by atoms with Crippen LogP contribution < -0.4 is 4.74 Å². The second-order valence-electron chi connectivity index (χ2n) is 9.41. The van der Waals surface area contributed by atoms with Crippen molar-refractivity contribution in [3.63, 3.8) is 0 Å². The number of carbonyl (C=O) groups excluding carboxylic acids is 2. The second kappa shape index (κ2) is 11.1. The summed E-state index contributed by atoms with van der Waals surface area (Å²) in [6.07, 6.45) is 3.22. The van der Waals surface area contributed by atoms with Crippen LogP contribution in [0.4, 0.5) is 0 Å². The number of hydrogen-bond acceptors (Lipinski definition) is 5. The fourth-order valence-corrected chi connectivity index (χ4v) is 5.47. The van der Waals surface area contributed by atoms with E-state index in [9.17, 15) is 9.59 Å². The summed E-state index contributed by atoms with van der Waals surface area (Å²) < 4.78 is 11.6. The van der Waals surface area contributed by atoms with Crippen LogP contribution in [0.15, 0.2) is 52.5 Å². The molecule has 1 aliphatic heterocycles. The van der Waals surface area contributed by atoms with E-state index in [-0.39, 0.29) is 36.1 Å². The van der Waals surface area contributed by atoms with Crippen LogP contribution in [0.25, 0.3) is 0 Å². The lowest BCUT2D eigenvalue weighted by Crippen LogP contribution is -2.48. The molecule has 0 saturated heterocycles. The van der Waals surface area contributed by atoms with Crippen molar-refractivity contribution in [1.29, 1.82) is 0 Å². The molecule has 0 spiro atoms. The highest BCUT2D eigenvalue weighted by molar-refractivity contribution is 7.10. The largest absolute Gasteiger partial charge is 0.491 e. The summed E-state index contributed by atoms with van der Waals surface area (Å²) in [4.78, 5) is 31.6. The Hall–Kier alpha value is -3.06. The number of nitrogens with zero attached hydrogens (tertiary/aromatic N) is 2. The van der Waals surface area contributed by atoms with E-state index in [1.165, 1.54) is 16.7 Å². The van der Waals surface area contributed by atoms with Gasteiger partial charge in [0.1, 0.15) is 18.9 Å². The molecule has 2 amide bonds. The molecule has 3 aromatic rings. The van der Waals surface area contributed by atoms with Crippen molar-refractivity contribution in [3.8, 4) is 5.75 Å². The van der Waals surface area contributed by atoms with Crippen molar-refractivity contribution >= 4 is 23.2 Å². The van der Waals surface area contributed by atoms with Crippen LogP contribution in [0, 0.1) is 19.8 Å². The van der Waals surface area contributed by atoms with Gasteiger partial charge in [-0.05, 0) is 67.0 Å². The highest BCUT2D eigenvalue weighted by Gasteiger charge is 2.34. The zero-order chi connectivity index (χ0) is 24.9. The van der Waals surface area contributed by atoms with E-state index < -0.39 is 0 Å². The summed E-state index contributed by atoms with van der Waals surface area (Å²) in [6, 6.07) is 11.4. The zero-order valence-corrected chi connectivity index (χ0v) is 21.8. The first-order chi connectivity index (χ1) is 16.9. The Morgan fingerprint density at radius 3 is 2.80 bits per heavy atom. The Labute approximate surface area is 211 Å². The second-order valence-corrected chi connectivity index (χ2v) is 10.4. The van der Waals surface area contributed by atoms with E-state index in [0.717, 1.165) is 29.7 Å². The van der Waals surface area contributed by atoms with Crippen LogP contribution in [-0.2, 0) is 11.2 Å². The minimum Gasteiger partial charge on any atom is -0.491 e. The number of amides is 2. The maximum absolute atomic E-state index is 13.7. The van der Waals surface area contributed by atoms with E-state index in [2.05, 4.69) is 38.3 Å². The van der Waals surface area contributed by atoms with E-state index in [1.54, 1.807) is 28.4 Å². The van der Waals surface area contributed by atoms with Crippen LogP contribution >= 0.6 is 11.3 Å². The first kappa shape index (κ1) is 25.0. The summed E-state index contributed by atoms with van der Waals surface area (Å²) in [5.74, 6) is 1.04. The van der Waals surface area contributed by atoms with E-state index in [4.69, 9.17) is 9.15 Å². The molecular weight excluding hydrogens is 460 g/mol. The Morgan fingerprint density at radius 2 is 2.09 bits per heavy atom. The normalized spacial score (nSPS) is 16.0. The maximum Gasteiger partial charge on any atom is 0.290 e. The highest BCUT2D eigenvalue weighted by atomic mass is 32.1. The topological polar surface area (TPSA) is 63.0 Å². The molecule has 0 aliphatic carbocycles. The number of thiophene rings is 1. The summed E-state index contributed by atoms with van der Waals surface area (Å²) in [6.45, 7) is 9.78. The molecule has 4 rings (SSSR count). The van der Waals surface area contributed by atoms with Gasteiger partial charge in [0.05, 0.1) is 12.3 Å². The first-order valence-corrected chi connectivity index (χ1v) is 13.1. The van der Waals surface area contributed by atoms with Crippen molar-refractivity contribution in [2.45, 2.75) is 46.6 Å². The lowest BCUT2D eigenvalue weighted by atomic mass is 10.00. The molecule has 0 bridgehead atoms. The van der Waals surface area contributed by atoms with Crippen molar-refractivity contribution in [2.75, 3.05) is 26.2 Å². The lowest BCUT2D eigenvalue weighted by molar-refractivity contribution is -0.135. The van der Waals surface area contributed by atoms with Crippen molar-refractivity contribution in [2.24, 2.45) is 5.92 Å². The summed E-state index contributed by atoms with van der Waals surface area (Å²) >= 11 is 1.73. The molecule has 2 aromatic heterocycles. The first-order valence-electron chi connectivity index (χ1n) is 12.3. The van der Waals surface area contributed by atoms with Crippen molar-refractivity contribution in [1.82, 2.24) is 9.80 Å². The number of ether oxygens (including phenoxy) is 1. The van der Waals surface area contributed by atoms with Crippen LogP contribution in [-0.4, -0.2) is 47.9 Å². The fourth-order valence-electron chi connectivity index (χ4n) is 4.54. The third-order valence-corrected chi connectivity index (χ3v) is 7.71. The highest BCUT2D eigenvalue weighted by Crippen LogP contribution is 2.34. The Bertz CT molecular complexity index is 1150. The Kier molecular flexibility index (Phi) is 7.96. The molecule has 2 atom stereocenters. The molecule has 1 aliphatic rings. The summed E-state index contributed by atoms with van der Waals surface area (Å²) in [5.41, 5.74) is 3.41. The quantitative estimate of drug-likeness (QED) is 0.386. The molecule has 6 nitrogen and oxygen atoms in total. The van der Waals surface area contributed by atoms with E-state index in [0.29, 0.717) is 19.7 Å². The summed E-state index contributed by atoms with van der Waals surface area (Å²) in [5, 5.41) is 2.08. The van der Waals surface area contributed by atoms with E-state index >= 15 is 0 Å². The minimum atomic E-state index is -0.250. The number of aryl methyl sites for hydroxylation is 2. The number of rotatable bonds is 9. The molecule has 0 saturated carbocycles. The zero-order valence-electron chi connectivity index (χ0n) is 21.0. The van der Waals surface area contributed by atoms with Gasteiger partial charge in [0.2, 0.25) is 5.91 Å². The van der Waals surface area contributed by atoms with Crippen LogP contribution in [0.2, 0.25) is 0 Å². The van der Waals surface area contributed by atoms with Crippen LogP contribution in [0.3, 0.4) is 0 Å². The molecule has 186 valence electrons. The monoisotopic (exact) mass is 494 g/mol. The number of fused-ring (bicyclic) bond motifs is 1. The van der Waals surface area contributed by atoms with Crippen LogP contribution in [0.5, 0.6) is 5.75 Å². The van der Waals surface area contributed by atoms with Crippen molar-refractivity contribution in [3.05, 3.63) is 75.4 Å². The minimum absolute atomic E-state index is 0.0173. The molecular formula is C28H34N2O4S. The molecule has 35 heavy (non-hydrogen) atoms. The number of benzene rings is 1. The average Bonchev–Trinajstić information content (AvgIpc) is 3.54. The molecule has 0 N–H and O–H groups in total. The molecule has 0 radical (unpaired) electrons. The Balaban J connectivity index is 1.54. The average molecular weight is 495 g/mol. The standard InChI is InChI=1S/C28H34N2O4S/c1-5-19(2)16-29(28(32)25-7-6-13-33-25)17-27(31)30-12-10-26-22(11-14-35-26)23(30)18-34-24-9-8-20(3)15-21(24)4/h6-9,11,13-15,19,23H,5,10,12,16-18H2,1-4H3/t19-,23+/m0/s1. The van der Waals surface area contributed by atoms with Gasteiger partial charge in [0.25, 0.3) is 5.91 Å². The SMILES string of the molecule is CC[C@H](C)CN(CC(=O)N1CCc2sccc2[C@H]1COc1ccc(C)cc1C)C(=O)c1ccco1. The lowest BCUT2D eigenvalue weighted by Gasteiger charge is -2.37. The van der Waals surface area contributed by atoms with Gasteiger partial charge in [-0.15, -0.1) is 11.3 Å². The molecule has 1 aromatic carbocycles. The third kappa shape index (κ3) is 5.78. The summed E-state index contributed by atoms with van der Waals surface area (Å²) in [7, 11) is 0. The maximum atomic E-state index is 13.7. The fraction of sp³-hybridized carbons (Fsp3) is 0.429. The number of carbonyl (C=O) groups is 2. The van der Waals surface area contributed by atoms with Gasteiger partial charge in [-0.1, -0.05) is 38.0 Å². The van der Waals surface area contributed by atoms with Gasteiger partial charge < -0.3 is 19.0 Å². The third-order valence-electron chi connectivity index (χ3n) is 6.72. The van der Waals surface area contributed by atoms with Gasteiger partial charge in [-0.25, -0.2) is 0 Å². The predicted octanol–water partition coefficient (Wildman–Crippen LogP) is 5.65. The predicted molar refractivity (Wildman–Crippen MR) is 138 cm³/mol. The number of hydrogen-bond donors (Lipinski definition) is 0. The van der Waals surface area contributed by atoms with Gasteiger partial charge in [0, 0.05) is 18.0 Å². The van der Waals surface area contributed by atoms with Crippen LogP contribution in [0.1, 0.15) is 58.4 Å². The van der Waals surface area contributed by atoms with Gasteiger partial charge >= 0.3 is 0 Å². The molecule has 7 heteroatoms. The molecule has 0 unspecified atom stereocenters.